The molecule has 2 N–H and O–H groups in total. The fraction of sp³-hybridized carbons (Fsp3) is 0.348. The average Bonchev–Trinajstić information content (AvgIpc) is 2.72. The Balaban J connectivity index is 1.84. The van der Waals surface area contributed by atoms with Gasteiger partial charge in [-0.15, -0.1) is 0 Å². The molecule has 170 valence electrons. The molecule has 1 aromatic heterocycles. The molecule has 1 aromatic carbocycles. The smallest absolute Gasteiger partial charge is 0.407 e. The number of carboxylic acid groups (broad SMARTS) is 1. The third-order valence-corrected chi connectivity index (χ3v) is 5.42. The molecule has 0 bridgehead atoms. The predicted molar refractivity (Wildman–Crippen MR) is 114 cm³/mol. The van der Waals surface area contributed by atoms with Gasteiger partial charge >= 0.3 is 6.09 Å². The van der Waals surface area contributed by atoms with Crippen LogP contribution in [0.3, 0.4) is 0 Å². The minimum atomic E-state index is -1.04. The van der Waals surface area contributed by atoms with Crippen molar-refractivity contribution in [1.82, 2.24) is 9.88 Å². The molecule has 3 rings (SSSR count). The lowest BCUT2D eigenvalue weighted by Crippen LogP contribution is -2.50. The quantitative estimate of drug-likeness (QED) is 0.653. The molecule has 0 aliphatic carbocycles. The van der Waals surface area contributed by atoms with Crippen molar-refractivity contribution in [1.29, 1.82) is 0 Å². The van der Waals surface area contributed by atoms with Gasteiger partial charge in [-0.3, -0.25) is 4.79 Å². The Kier molecular flexibility index (Phi) is 6.57. The first kappa shape index (κ1) is 23.3. The van der Waals surface area contributed by atoms with Crippen molar-refractivity contribution >= 4 is 23.6 Å². The lowest BCUT2D eigenvalue weighted by atomic mass is 9.79. The largest absolute Gasteiger partial charge is 0.465 e. The highest BCUT2D eigenvalue weighted by molar-refractivity contribution is 6.04. The van der Waals surface area contributed by atoms with Gasteiger partial charge in [-0.2, -0.15) is 0 Å². The van der Waals surface area contributed by atoms with E-state index in [2.05, 4.69) is 10.3 Å². The zero-order chi connectivity index (χ0) is 23.6. The Labute approximate surface area is 183 Å². The summed E-state index contributed by atoms with van der Waals surface area (Å²) in [4.78, 5) is 29.3. The number of anilines is 1. The van der Waals surface area contributed by atoms with Crippen LogP contribution in [0.15, 0.2) is 42.0 Å². The van der Waals surface area contributed by atoms with E-state index >= 15 is 4.39 Å². The van der Waals surface area contributed by atoms with Gasteiger partial charge in [0, 0.05) is 18.7 Å². The Morgan fingerprint density at radius 2 is 1.91 bits per heavy atom. The summed E-state index contributed by atoms with van der Waals surface area (Å²) in [5.41, 5.74) is -0.337. The van der Waals surface area contributed by atoms with Gasteiger partial charge in [-0.1, -0.05) is 26.8 Å². The number of pyridine rings is 1. The van der Waals surface area contributed by atoms with E-state index in [1.54, 1.807) is 0 Å². The van der Waals surface area contributed by atoms with E-state index in [1.807, 2.05) is 20.8 Å². The monoisotopic (exact) mass is 447 g/mol. The van der Waals surface area contributed by atoms with Crippen molar-refractivity contribution in [2.75, 3.05) is 11.9 Å². The number of likely N-dealkylation sites (tertiary alicyclic amines) is 1. The van der Waals surface area contributed by atoms with E-state index in [9.17, 15) is 23.5 Å². The molecule has 2 aromatic rings. The summed E-state index contributed by atoms with van der Waals surface area (Å²) < 4.78 is 42.2. The summed E-state index contributed by atoms with van der Waals surface area (Å²) in [6.07, 6.45) is -0.593. The highest BCUT2D eigenvalue weighted by atomic mass is 19.1. The van der Waals surface area contributed by atoms with Crippen LogP contribution in [0.2, 0.25) is 0 Å². The number of rotatable bonds is 3. The molecule has 1 atom stereocenters. The lowest BCUT2D eigenvalue weighted by molar-refractivity contribution is 0.0719. The minimum Gasteiger partial charge on any atom is -0.465 e. The summed E-state index contributed by atoms with van der Waals surface area (Å²) in [6.45, 7) is 5.87. The maximum Gasteiger partial charge on any atom is 0.407 e. The molecule has 0 spiro atoms. The summed E-state index contributed by atoms with van der Waals surface area (Å²) in [6, 6.07) is 6.51. The first-order valence-electron chi connectivity index (χ1n) is 10.1. The second-order valence-corrected chi connectivity index (χ2v) is 8.72. The highest BCUT2D eigenvalue weighted by Gasteiger charge is 2.38. The number of piperidine rings is 1. The molecule has 32 heavy (non-hydrogen) atoms. The van der Waals surface area contributed by atoms with Crippen LogP contribution in [0.4, 0.5) is 23.8 Å². The number of carbonyl (C=O) groups excluding carboxylic acids is 1. The van der Waals surface area contributed by atoms with Crippen LogP contribution in [0.5, 0.6) is 0 Å². The van der Waals surface area contributed by atoms with Crippen LogP contribution in [0.25, 0.3) is 5.83 Å². The molecule has 0 saturated carbocycles. The molecular formula is C23H24F3N3O3. The number of hydrogen-bond acceptors (Lipinski definition) is 3. The first-order valence-corrected chi connectivity index (χ1v) is 10.1. The first-order chi connectivity index (χ1) is 15.0. The number of carbonyl (C=O) groups is 2. The predicted octanol–water partition coefficient (Wildman–Crippen LogP) is 5.48. The Bertz CT molecular complexity index is 1080. The van der Waals surface area contributed by atoms with Gasteiger partial charge in [-0.05, 0) is 48.1 Å². The molecule has 1 saturated heterocycles. The number of nitrogens with one attached hydrogen (secondary N) is 1. The van der Waals surface area contributed by atoms with Gasteiger partial charge in [0.1, 0.15) is 29.0 Å². The molecule has 6 nitrogen and oxygen atoms in total. The van der Waals surface area contributed by atoms with Crippen molar-refractivity contribution < 1.29 is 27.9 Å². The second-order valence-electron chi connectivity index (χ2n) is 8.72. The number of aromatic nitrogens is 1. The summed E-state index contributed by atoms with van der Waals surface area (Å²) in [7, 11) is 0. The van der Waals surface area contributed by atoms with Gasteiger partial charge in [0.15, 0.2) is 0 Å². The van der Waals surface area contributed by atoms with Crippen molar-refractivity contribution in [3.8, 4) is 0 Å². The molecule has 2 amide bonds. The van der Waals surface area contributed by atoms with E-state index in [-0.39, 0.29) is 36.5 Å². The lowest BCUT2D eigenvalue weighted by Gasteiger charge is -2.42. The standard InChI is InChI=1S/C23H24F3N3O3/c1-23(2,3)18-11-13(9-10-29(18)22(31)32)20(26)17-5-4-6-19(27-17)28-21(30)15-8-7-14(24)12-16(15)25/h4-8,12,18H,9-11H2,1-3H3,(H,31,32)(H,27,28,30). The highest BCUT2D eigenvalue weighted by Crippen LogP contribution is 2.37. The zero-order valence-corrected chi connectivity index (χ0v) is 18.0. The van der Waals surface area contributed by atoms with E-state index < -0.39 is 40.9 Å². The van der Waals surface area contributed by atoms with Crippen molar-refractivity contribution in [3.63, 3.8) is 0 Å². The zero-order valence-electron chi connectivity index (χ0n) is 18.0. The maximum atomic E-state index is 15.3. The van der Waals surface area contributed by atoms with Gasteiger partial charge < -0.3 is 15.3 Å². The van der Waals surface area contributed by atoms with Crippen molar-refractivity contribution in [2.45, 2.75) is 39.7 Å². The van der Waals surface area contributed by atoms with Gasteiger partial charge in [-0.25, -0.2) is 22.9 Å². The topological polar surface area (TPSA) is 82.5 Å². The number of nitrogens with zero attached hydrogens (tertiary/aromatic N) is 2. The van der Waals surface area contributed by atoms with Crippen LogP contribution in [-0.4, -0.2) is 39.6 Å². The molecule has 1 aliphatic heterocycles. The van der Waals surface area contributed by atoms with Crippen LogP contribution in [0.1, 0.15) is 49.7 Å². The normalized spacial score (nSPS) is 18.3. The van der Waals surface area contributed by atoms with Gasteiger partial charge in [0.25, 0.3) is 5.91 Å². The summed E-state index contributed by atoms with van der Waals surface area (Å²) in [5.74, 6) is -3.25. The van der Waals surface area contributed by atoms with E-state index in [1.165, 1.54) is 23.1 Å². The minimum absolute atomic E-state index is 0.00215. The number of halogens is 3. The second kappa shape index (κ2) is 9.02. The Morgan fingerprint density at radius 1 is 1.19 bits per heavy atom. The van der Waals surface area contributed by atoms with Crippen molar-refractivity contribution in [3.05, 3.63) is 64.9 Å². The molecule has 1 fully saturated rings. The van der Waals surface area contributed by atoms with Gasteiger partial charge in [0.05, 0.1) is 5.56 Å². The number of amides is 2. The van der Waals surface area contributed by atoms with Crippen LogP contribution in [0, 0.1) is 17.0 Å². The molecule has 2 heterocycles. The maximum absolute atomic E-state index is 15.3. The molecular weight excluding hydrogens is 423 g/mol. The van der Waals surface area contributed by atoms with Crippen LogP contribution >= 0.6 is 0 Å². The molecule has 0 radical (unpaired) electrons. The van der Waals surface area contributed by atoms with Gasteiger partial charge in [0.2, 0.25) is 0 Å². The van der Waals surface area contributed by atoms with E-state index in [0.717, 1.165) is 12.1 Å². The van der Waals surface area contributed by atoms with Crippen LogP contribution < -0.4 is 5.32 Å². The van der Waals surface area contributed by atoms with E-state index in [4.69, 9.17) is 0 Å². The third kappa shape index (κ3) is 5.09. The average molecular weight is 447 g/mol. The molecule has 1 unspecified atom stereocenters. The SMILES string of the molecule is CC(C)(C)C1CC(=C(F)c2cccc(NC(=O)c3ccc(F)cc3F)n2)CCN1C(=O)O. The number of benzene rings is 1. The third-order valence-electron chi connectivity index (χ3n) is 5.42. The fourth-order valence-corrected chi connectivity index (χ4v) is 3.72. The summed E-state index contributed by atoms with van der Waals surface area (Å²) in [5, 5.41) is 11.9. The molecule has 9 heteroatoms. The number of hydrogen-bond donors (Lipinski definition) is 2. The Morgan fingerprint density at radius 3 is 2.53 bits per heavy atom. The summed E-state index contributed by atoms with van der Waals surface area (Å²) >= 11 is 0. The van der Waals surface area contributed by atoms with Crippen LogP contribution in [-0.2, 0) is 0 Å². The molecule has 1 aliphatic rings. The van der Waals surface area contributed by atoms with Crippen molar-refractivity contribution in [2.24, 2.45) is 5.41 Å². The fourth-order valence-electron chi connectivity index (χ4n) is 3.72. The Hall–Kier alpha value is -3.36. The van der Waals surface area contributed by atoms with E-state index in [0.29, 0.717) is 11.6 Å².